The number of nitrogens with one attached hydrogen (secondary N) is 1. The SMILES string of the molecule is O=c1cc(CSCc2ccccc2)[nH]c2ccc(Cl)cc12. The van der Waals surface area contributed by atoms with Crippen LogP contribution >= 0.6 is 23.4 Å². The molecule has 0 aliphatic heterocycles. The van der Waals surface area contributed by atoms with Gasteiger partial charge in [-0.15, -0.1) is 0 Å². The quantitative estimate of drug-likeness (QED) is 0.762. The minimum Gasteiger partial charge on any atom is -0.357 e. The molecule has 0 fully saturated rings. The fraction of sp³-hybridized carbons (Fsp3) is 0.118. The molecule has 0 spiro atoms. The molecule has 0 saturated heterocycles. The first-order valence-corrected chi connectivity index (χ1v) is 8.19. The second kappa shape index (κ2) is 6.37. The molecule has 21 heavy (non-hydrogen) atoms. The van der Waals surface area contributed by atoms with Crippen molar-refractivity contribution in [2.75, 3.05) is 0 Å². The average molecular weight is 316 g/mol. The van der Waals surface area contributed by atoms with Gasteiger partial charge in [0.1, 0.15) is 0 Å². The summed E-state index contributed by atoms with van der Waals surface area (Å²) in [5.74, 6) is 1.71. The van der Waals surface area contributed by atoms with E-state index in [1.165, 1.54) is 5.56 Å². The van der Waals surface area contributed by atoms with Gasteiger partial charge in [0, 0.05) is 39.2 Å². The minimum absolute atomic E-state index is 0.0153. The van der Waals surface area contributed by atoms with Crippen molar-refractivity contribution in [2.45, 2.75) is 11.5 Å². The van der Waals surface area contributed by atoms with E-state index >= 15 is 0 Å². The van der Waals surface area contributed by atoms with Gasteiger partial charge in [-0.3, -0.25) is 4.79 Å². The van der Waals surface area contributed by atoms with Gasteiger partial charge >= 0.3 is 0 Å². The first-order chi connectivity index (χ1) is 10.2. The number of rotatable bonds is 4. The second-order valence-electron chi connectivity index (χ2n) is 4.83. The van der Waals surface area contributed by atoms with Crippen molar-refractivity contribution in [2.24, 2.45) is 0 Å². The van der Waals surface area contributed by atoms with Crippen molar-refractivity contribution in [1.82, 2.24) is 4.98 Å². The van der Waals surface area contributed by atoms with Gasteiger partial charge in [-0.05, 0) is 23.8 Å². The molecule has 0 aliphatic rings. The fourth-order valence-corrected chi connectivity index (χ4v) is 3.28. The molecule has 0 saturated carbocycles. The third-order valence-corrected chi connectivity index (χ3v) is 4.50. The first kappa shape index (κ1) is 14.2. The zero-order valence-corrected chi connectivity index (χ0v) is 12.9. The van der Waals surface area contributed by atoms with Gasteiger partial charge in [0.25, 0.3) is 0 Å². The van der Waals surface area contributed by atoms with Crippen LogP contribution in [0.5, 0.6) is 0 Å². The normalized spacial score (nSPS) is 10.9. The van der Waals surface area contributed by atoms with Gasteiger partial charge < -0.3 is 4.98 Å². The average Bonchev–Trinajstić information content (AvgIpc) is 2.49. The van der Waals surface area contributed by atoms with E-state index in [0.717, 1.165) is 22.7 Å². The van der Waals surface area contributed by atoms with Crippen LogP contribution in [0.4, 0.5) is 0 Å². The maximum Gasteiger partial charge on any atom is 0.189 e. The van der Waals surface area contributed by atoms with Gasteiger partial charge in [0.15, 0.2) is 5.43 Å². The lowest BCUT2D eigenvalue weighted by atomic mass is 10.2. The van der Waals surface area contributed by atoms with Crippen molar-refractivity contribution in [1.29, 1.82) is 0 Å². The van der Waals surface area contributed by atoms with E-state index in [9.17, 15) is 4.79 Å². The Labute approximate surface area is 132 Å². The second-order valence-corrected chi connectivity index (χ2v) is 6.25. The molecule has 0 bridgehead atoms. The van der Waals surface area contributed by atoms with E-state index < -0.39 is 0 Å². The summed E-state index contributed by atoms with van der Waals surface area (Å²) in [5.41, 5.74) is 3.08. The molecule has 0 radical (unpaired) electrons. The summed E-state index contributed by atoms with van der Waals surface area (Å²) >= 11 is 7.71. The van der Waals surface area contributed by atoms with Crippen molar-refractivity contribution < 1.29 is 0 Å². The summed E-state index contributed by atoms with van der Waals surface area (Å²) in [4.78, 5) is 15.4. The molecule has 0 unspecified atom stereocenters. The monoisotopic (exact) mass is 315 g/mol. The van der Waals surface area contributed by atoms with Gasteiger partial charge in [-0.25, -0.2) is 0 Å². The molecule has 3 aromatic rings. The molecule has 0 aliphatic carbocycles. The highest BCUT2D eigenvalue weighted by Crippen LogP contribution is 2.19. The standard InChI is InChI=1S/C17H14ClNOS/c18-13-6-7-16-15(8-13)17(20)9-14(19-16)11-21-10-12-4-2-1-3-5-12/h1-9H,10-11H2,(H,19,20). The molecular weight excluding hydrogens is 302 g/mol. The van der Waals surface area contributed by atoms with Gasteiger partial charge in [-0.1, -0.05) is 41.9 Å². The highest BCUT2D eigenvalue weighted by Gasteiger charge is 2.03. The Morgan fingerprint density at radius 2 is 1.81 bits per heavy atom. The number of aromatic nitrogens is 1. The number of hydrogen-bond acceptors (Lipinski definition) is 2. The largest absolute Gasteiger partial charge is 0.357 e. The molecular formula is C17H14ClNOS. The van der Waals surface area contributed by atoms with Crippen LogP contribution in [-0.4, -0.2) is 4.98 Å². The highest BCUT2D eigenvalue weighted by atomic mass is 35.5. The molecule has 2 aromatic carbocycles. The summed E-state index contributed by atoms with van der Waals surface area (Å²) in [6.07, 6.45) is 0. The van der Waals surface area contributed by atoms with Crippen LogP contribution in [0.15, 0.2) is 59.4 Å². The molecule has 4 heteroatoms. The zero-order valence-electron chi connectivity index (χ0n) is 11.3. The van der Waals surface area contributed by atoms with Crippen molar-refractivity contribution >= 4 is 34.3 Å². The van der Waals surface area contributed by atoms with Crippen LogP contribution in [0.2, 0.25) is 5.02 Å². The lowest BCUT2D eigenvalue weighted by Crippen LogP contribution is -2.04. The Morgan fingerprint density at radius 1 is 1.00 bits per heavy atom. The fourth-order valence-electron chi connectivity index (χ4n) is 2.21. The van der Waals surface area contributed by atoms with Gasteiger partial charge in [0.2, 0.25) is 0 Å². The summed E-state index contributed by atoms with van der Waals surface area (Å²) < 4.78 is 0. The van der Waals surface area contributed by atoms with Crippen LogP contribution < -0.4 is 5.43 Å². The van der Waals surface area contributed by atoms with Crippen molar-refractivity contribution in [3.05, 3.63) is 81.1 Å². The smallest absolute Gasteiger partial charge is 0.189 e. The van der Waals surface area contributed by atoms with E-state index in [-0.39, 0.29) is 5.43 Å². The molecule has 1 heterocycles. The lowest BCUT2D eigenvalue weighted by Gasteiger charge is -2.05. The van der Waals surface area contributed by atoms with E-state index in [0.29, 0.717) is 10.4 Å². The number of hydrogen-bond donors (Lipinski definition) is 1. The summed E-state index contributed by atoms with van der Waals surface area (Å²) in [6.45, 7) is 0. The Kier molecular flexibility index (Phi) is 4.32. The number of H-pyrrole nitrogens is 1. The molecule has 106 valence electrons. The summed E-state index contributed by atoms with van der Waals surface area (Å²) in [7, 11) is 0. The predicted molar refractivity (Wildman–Crippen MR) is 91.0 cm³/mol. The Hall–Kier alpha value is -1.71. The molecule has 0 amide bonds. The van der Waals surface area contributed by atoms with Crippen LogP contribution in [0.1, 0.15) is 11.3 Å². The van der Waals surface area contributed by atoms with Crippen LogP contribution in [0.25, 0.3) is 10.9 Å². The lowest BCUT2D eigenvalue weighted by molar-refractivity contribution is 1.21. The minimum atomic E-state index is 0.0153. The number of benzene rings is 2. The Morgan fingerprint density at radius 3 is 2.62 bits per heavy atom. The topological polar surface area (TPSA) is 32.9 Å². The van der Waals surface area contributed by atoms with Gasteiger partial charge in [-0.2, -0.15) is 11.8 Å². The Balaban J connectivity index is 1.76. The number of fused-ring (bicyclic) bond motifs is 1. The number of aromatic amines is 1. The van der Waals surface area contributed by atoms with Crippen LogP contribution in [-0.2, 0) is 11.5 Å². The maximum atomic E-state index is 12.1. The number of pyridine rings is 1. The highest BCUT2D eigenvalue weighted by molar-refractivity contribution is 7.97. The number of halogens is 1. The Bertz CT molecular complexity index is 814. The molecule has 3 rings (SSSR count). The zero-order chi connectivity index (χ0) is 14.7. The first-order valence-electron chi connectivity index (χ1n) is 6.65. The van der Waals surface area contributed by atoms with Crippen LogP contribution in [0, 0.1) is 0 Å². The van der Waals surface area contributed by atoms with Crippen LogP contribution in [0.3, 0.4) is 0 Å². The van der Waals surface area contributed by atoms with Crippen molar-refractivity contribution in [3.63, 3.8) is 0 Å². The third-order valence-electron chi connectivity index (χ3n) is 3.22. The van der Waals surface area contributed by atoms with E-state index in [2.05, 4.69) is 17.1 Å². The molecule has 1 N–H and O–H groups in total. The van der Waals surface area contributed by atoms with Gasteiger partial charge in [0.05, 0.1) is 0 Å². The predicted octanol–water partition coefficient (Wildman–Crippen LogP) is 4.61. The summed E-state index contributed by atoms with van der Waals surface area (Å²) in [6, 6.07) is 17.3. The molecule has 0 atom stereocenters. The van der Waals surface area contributed by atoms with E-state index in [4.69, 9.17) is 11.6 Å². The number of thioether (sulfide) groups is 1. The van der Waals surface area contributed by atoms with E-state index in [1.807, 2.05) is 24.3 Å². The molecule has 2 nitrogen and oxygen atoms in total. The molecule has 1 aromatic heterocycles. The van der Waals surface area contributed by atoms with Crippen molar-refractivity contribution in [3.8, 4) is 0 Å². The third kappa shape index (κ3) is 3.49. The van der Waals surface area contributed by atoms with E-state index in [1.54, 1.807) is 30.0 Å². The maximum absolute atomic E-state index is 12.1. The summed E-state index contributed by atoms with van der Waals surface area (Å²) in [5, 5.41) is 1.22.